The molecule has 0 radical (unpaired) electrons. The number of aliphatic hydroxyl groups excluding tert-OH is 1. The first-order valence-corrected chi connectivity index (χ1v) is 13.6. The lowest BCUT2D eigenvalue weighted by atomic mass is 9.77. The van der Waals surface area contributed by atoms with Gasteiger partial charge >= 0.3 is 0 Å². The van der Waals surface area contributed by atoms with E-state index in [1.807, 2.05) is 13.8 Å². The molecule has 0 aliphatic carbocycles. The van der Waals surface area contributed by atoms with E-state index in [4.69, 9.17) is 0 Å². The lowest BCUT2D eigenvalue weighted by molar-refractivity contribution is -0.192. The second-order valence-corrected chi connectivity index (χ2v) is 11.4. The Balaban J connectivity index is 1.62. The largest absolute Gasteiger partial charge is 0.508 e. The minimum absolute atomic E-state index is 0.00264. The van der Waals surface area contributed by atoms with Crippen LogP contribution in [0.2, 0.25) is 0 Å². The molecule has 3 amide bonds. The lowest BCUT2D eigenvalue weighted by Crippen LogP contribution is -2.79. The van der Waals surface area contributed by atoms with Crippen LogP contribution in [-0.2, 0) is 16.0 Å². The van der Waals surface area contributed by atoms with Gasteiger partial charge in [-0.15, -0.1) is 0 Å². The number of alkyl halides is 2. The zero-order chi connectivity index (χ0) is 29.6. The minimum atomic E-state index is -3.39. The van der Waals surface area contributed by atoms with Crippen LogP contribution in [-0.4, -0.2) is 80.5 Å². The number of β-lactam (4-membered cyclic amide) rings is 1. The van der Waals surface area contributed by atoms with Crippen molar-refractivity contribution in [1.29, 1.82) is 0 Å². The van der Waals surface area contributed by atoms with E-state index in [0.717, 1.165) is 9.80 Å². The first kappa shape index (κ1) is 29.5. The molecule has 2 saturated heterocycles. The molecule has 5 atom stereocenters. The predicted octanol–water partition coefficient (Wildman–Crippen LogP) is 3.20. The summed E-state index contributed by atoms with van der Waals surface area (Å²) < 4.78 is 30.8. The number of nitrogens with one attached hydrogen (secondary N) is 1. The highest BCUT2D eigenvalue weighted by molar-refractivity contribution is 5.99. The van der Waals surface area contributed by atoms with Gasteiger partial charge in [0.2, 0.25) is 5.91 Å². The second-order valence-electron chi connectivity index (χ2n) is 11.4. The number of aryl methyl sites for hydroxylation is 1. The maximum Gasteiger partial charge on any atom is 0.290 e. The average molecular weight is 558 g/mol. The molecule has 0 spiro atoms. The third-order valence-corrected chi connectivity index (χ3v) is 8.51. The molecule has 3 N–H and O–H groups in total. The van der Waals surface area contributed by atoms with Crippen LogP contribution in [0.25, 0.3) is 0 Å². The number of aromatic hydroxyl groups is 1. The number of fused-ring (bicyclic) bond motifs is 1. The fourth-order valence-corrected chi connectivity index (χ4v) is 5.70. The van der Waals surface area contributed by atoms with E-state index in [0.29, 0.717) is 23.1 Å². The number of amides is 3. The molecule has 40 heavy (non-hydrogen) atoms. The van der Waals surface area contributed by atoms with Gasteiger partial charge in [-0.2, -0.15) is 0 Å². The molecule has 10 heteroatoms. The van der Waals surface area contributed by atoms with E-state index >= 15 is 8.78 Å². The van der Waals surface area contributed by atoms with Crippen LogP contribution in [0.5, 0.6) is 5.75 Å². The number of rotatable bonds is 9. The third kappa shape index (κ3) is 4.93. The molecule has 2 fully saturated rings. The van der Waals surface area contributed by atoms with Crippen LogP contribution in [0.1, 0.15) is 54.2 Å². The Morgan fingerprint density at radius 1 is 1.18 bits per heavy atom. The summed E-state index contributed by atoms with van der Waals surface area (Å²) in [5, 5.41) is 24.1. The van der Waals surface area contributed by atoms with Crippen LogP contribution in [0.4, 0.5) is 8.78 Å². The molecule has 0 aromatic heterocycles. The van der Waals surface area contributed by atoms with Gasteiger partial charge in [0.1, 0.15) is 17.3 Å². The fraction of sp³-hybridized carbons (Fsp3) is 0.500. The van der Waals surface area contributed by atoms with Crippen molar-refractivity contribution < 1.29 is 33.4 Å². The summed E-state index contributed by atoms with van der Waals surface area (Å²) in [5.74, 6) is -5.72. The summed E-state index contributed by atoms with van der Waals surface area (Å²) >= 11 is 0. The van der Waals surface area contributed by atoms with E-state index in [2.05, 4.69) is 5.32 Å². The van der Waals surface area contributed by atoms with Gasteiger partial charge in [-0.3, -0.25) is 14.4 Å². The van der Waals surface area contributed by atoms with Crippen molar-refractivity contribution in [2.45, 2.75) is 77.1 Å². The summed E-state index contributed by atoms with van der Waals surface area (Å²) in [5.41, 5.74) is -0.0748. The zero-order valence-corrected chi connectivity index (χ0v) is 23.4. The Morgan fingerprint density at radius 2 is 1.82 bits per heavy atom. The number of phenolic OH excluding ortho intramolecular Hbond substituents is 1. The van der Waals surface area contributed by atoms with Gasteiger partial charge in [0.15, 0.2) is 6.10 Å². The number of carbonyl (C=O) groups excluding carboxylic acids is 3. The van der Waals surface area contributed by atoms with Crippen molar-refractivity contribution in [3.05, 3.63) is 64.7 Å². The molecule has 2 aliphatic heterocycles. The number of nitrogens with zero attached hydrogens (tertiary/aromatic N) is 2. The van der Waals surface area contributed by atoms with Crippen LogP contribution < -0.4 is 5.32 Å². The lowest BCUT2D eigenvalue weighted by Gasteiger charge is -2.55. The van der Waals surface area contributed by atoms with Crippen LogP contribution in [0.3, 0.4) is 0 Å². The molecule has 2 aliphatic rings. The van der Waals surface area contributed by atoms with Crippen molar-refractivity contribution in [2.24, 2.45) is 5.92 Å². The Hall–Kier alpha value is -3.53. The number of hydrogen-bond donors (Lipinski definition) is 3. The highest BCUT2D eigenvalue weighted by atomic mass is 19.3. The Morgan fingerprint density at radius 3 is 2.45 bits per heavy atom. The number of benzene rings is 2. The summed E-state index contributed by atoms with van der Waals surface area (Å²) in [4.78, 5) is 41.9. The van der Waals surface area contributed by atoms with Gasteiger partial charge in [-0.25, -0.2) is 8.78 Å². The van der Waals surface area contributed by atoms with Crippen LogP contribution in [0.15, 0.2) is 42.5 Å². The number of phenols is 1. The van der Waals surface area contributed by atoms with Crippen molar-refractivity contribution in [2.75, 3.05) is 13.1 Å². The third-order valence-electron chi connectivity index (χ3n) is 8.51. The molecular formula is C30H37F2N3O5. The molecule has 8 nitrogen and oxygen atoms in total. The van der Waals surface area contributed by atoms with Crippen molar-refractivity contribution in [1.82, 2.24) is 15.1 Å². The number of hydrogen-bond acceptors (Lipinski definition) is 5. The van der Waals surface area contributed by atoms with E-state index < -0.39 is 53.9 Å². The number of likely N-dealkylation sites (tertiary alicyclic amines) is 2. The topological polar surface area (TPSA) is 110 Å². The van der Waals surface area contributed by atoms with Crippen LogP contribution in [0, 0.1) is 19.8 Å². The summed E-state index contributed by atoms with van der Waals surface area (Å²) in [6.45, 7) is 7.49. The van der Waals surface area contributed by atoms with E-state index in [1.54, 1.807) is 50.2 Å². The highest BCUT2D eigenvalue weighted by Crippen LogP contribution is 2.52. The van der Waals surface area contributed by atoms with Gasteiger partial charge in [-0.05, 0) is 56.4 Å². The molecule has 0 bridgehead atoms. The molecule has 2 heterocycles. The highest BCUT2D eigenvalue weighted by Gasteiger charge is 2.77. The average Bonchev–Trinajstić information content (AvgIpc) is 3.11. The first-order valence-electron chi connectivity index (χ1n) is 13.6. The van der Waals surface area contributed by atoms with Gasteiger partial charge < -0.3 is 25.3 Å². The SMILES string of the molecule is CC[C@H](C)CN1C(=O)[C@H]2N(C(=O)[C@@H](O)[C@H](Cc3ccccc3)NC(=O)c3cc(C)cc(O)c3C)CC(F)(F)C21C. The monoisotopic (exact) mass is 557 g/mol. The molecule has 4 rings (SSSR count). The molecule has 2 aromatic rings. The van der Waals surface area contributed by atoms with Gasteiger partial charge in [0, 0.05) is 17.7 Å². The summed E-state index contributed by atoms with van der Waals surface area (Å²) in [7, 11) is 0. The fourth-order valence-electron chi connectivity index (χ4n) is 5.70. The normalized spacial score (nSPS) is 23.7. The quantitative estimate of drug-likeness (QED) is 0.411. The molecule has 0 saturated carbocycles. The van der Waals surface area contributed by atoms with E-state index in [-0.39, 0.29) is 30.2 Å². The zero-order valence-electron chi connectivity index (χ0n) is 23.4. The van der Waals surface area contributed by atoms with Crippen molar-refractivity contribution in [3.63, 3.8) is 0 Å². The number of carbonyl (C=O) groups is 3. The van der Waals surface area contributed by atoms with E-state index in [1.165, 1.54) is 13.0 Å². The summed E-state index contributed by atoms with van der Waals surface area (Å²) in [6.07, 6.45) is -1.18. The maximum absolute atomic E-state index is 15.4. The minimum Gasteiger partial charge on any atom is -0.508 e. The molecule has 1 unspecified atom stereocenters. The standard InChI is InChI=1S/C30H37F2N3O5/c1-6-17(2)15-35-28(40)25-29(35,5)30(31,32)16-34(25)27(39)24(37)22(14-20-10-8-7-9-11-20)33-26(38)21-12-18(3)13-23(36)19(21)4/h7-13,17,22,24-25,36-37H,6,14-16H2,1-5H3,(H,33,38)/t17-,22-,24-,25+,29?/m0/s1. The maximum atomic E-state index is 15.4. The molecule has 2 aromatic carbocycles. The smallest absolute Gasteiger partial charge is 0.290 e. The molecular weight excluding hydrogens is 520 g/mol. The first-order chi connectivity index (χ1) is 18.7. The summed E-state index contributed by atoms with van der Waals surface area (Å²) in [6, 6.07) is 9.30. The van der Waals surface area contributed by atoms with Gasteiger partial charge in [0.05, 0.1) is 12.6 Å². The van der Waals surface area contributed by atoms with Gasteiger partial charge in [0.25, 0.3) is 17.7 Å². The van der Waals surface area contributed by atoms with Gasteiger partial charge in [-0.1, -0.05) is 50.6 Å². The Labute approximate surface area is 233 Å². The number of halogens is 2. The predicted molar refractivity (Wildman–Crippen MR) is 145 cm³/mol. The van der Waals surface area contributed by atoms with E-state index in [9.17, 15) is 24.6 Å². The number of aliphatic hydroxyl groups is 1. The van der Waals surface area contributed by atoms with Crippen molar-refractivity contribution in [3.8, 4) is 5.75 Å². The molecule has 216 valence electrons. The Kier molecular flexibility index (Phi) is 7.95. The van der Waals surface area contributed by atoms with Crippen LogP contribution >= 0.6 is 0 Å². The second kappa shape index (κ2) is 10.8. The van der Waals surface area contributed by atoms with Crippen molar-refractivity contribution >= 4 is 17.7 Å². The Bertz CT molecular complexity index is 1300.